The number of nitrogens with zero attached hydrogens (tertiary/aromatic N) is 2. The quantitative estimate of drug-likeness (QED) is 0.430. The van der Waals surface area contributed by atoms with Crippen molar-refractivity contribution in [1.29, 1.82) is 0 Å². The normalized spacial score (nSPS) is 10.6. The average Bonchev–Trinajstić information content (AvgIpc) is 3.43. The van der Waals surface area contributed by atoms with Crippen LogP contribution in [0.1, 0.15) is 16.2 Å². The first-order valence-corrected chi connectivity index (χ1v) is 9.87. The molecule has 0 spiro atoms. The first-order chi connectivity index (χ1) is 14.6. The van der Waals surface area contributed by atoms with Crippen molar-refractivity contribution in [3.8, 4) is 21.8 Å². The van der Waals surface area contributed by atoms with Crippen LogP contribution in [-0.4, -0.2) is 27.0 Å². The minimum Gasteiger partial charge on any atom is -0.273 e. The van der Waals surface area contributed by atoms with Gasteiger partial charge in [0.25, 0.3) is 5.91 Å². The molecule has 7 nitrogen and oxygen atoms in total. The van der Waals surface area contributed by atoms with Crippen LogP contribution in [0.2, 0.25) is 0 Å². The highest BCUT2D eigenvalue weighted by Crippen LogP contribution is 2.24. The number of amides is 2. The molecule has 2 aromatic carbocycles. The van der Waals surface area contributed by atoms with E-state index in [9.17, 15) is 14.0 Å². The third-order valence-corrected chi connectivity index (χ3v) is 5.13. The molecular formula is C21H16FN5O2S. The second-order valence-corrected chi connectivity index (χ2v) is 7.22. The standard InChI is InChI=1S/C21H16FN5O2S/c22-15-8-6-14(7-9-15)21-23-16(12-30-21)10-19(28)26-27-20(29)18-11-17(24-25-18)13-4-2-1-3-5-13/h1-9,11-12H,10H2,(H,24,25)(H,26,28)(H,27,29). The van der Waals surface area contributed by atoms with Crippen LogP contribution in [0, 0.1) is 5.82 Å². The summed E-state index contributed by atoms with van der Waals surface area (Å²) in [6, 6.07) is 17.0. The molecule has 0 unspecified atom stereocenters. The van der Waals surface area contributed by atoms with Crippen LogP contribution in [-0.2, 0) is 11.2 Å². The third-order valence-electron chi connectivity index (χ3n) is 4.19. The predicted molar refractivity (Wildman–Crippen MR) is 111 cm³/mol. The van der Waals surface area contributed by atoms with Crippen molar-refractivity contribution in [2.75, 3.05) is 0 Å². The summed E-state index contributed by atoms with van der Waals surface area (Å²) in [6.45, 7) is 0. The smallest absolute Gasteiger partial charge is 0.273 e. The summed E-state index contributed by atoms with van der Waals surface area (Å²) >= 11 is 1.36. The van der Waals surface area contributed by atoms with Crippen LogP contribution in [0.4, 0.5) is 4.39 Å². The molecule has 9 heteroatoms. The predicted octanol–water partition coefficient (Wildman–Crippen LogP) is 3.34. The Kier molecular flexibility index (Phi) is 5.62. The molecule has 2 heterocycles. The van der Waals surface area contributed by atoms with E-state index in [1.54, 1.807) is 23.6 Å². The second kappa shape index (κ2) is 8.66. The monoisotopic (exact) mass is 421 g/mol. The van der Waals surface area contributed by atoms with Gasteiger partial charge in [-0.25, -0.2) is 9.37 Å². The maximum Gasteiger partial charge on any atom is 0.287 e. The van der Waals surface area contributed by atoms with E-state index < -0.39 is 11.8 Å². The van der Waals surface area contributed by atoms with Gasteiger partial charge in [-0.1, -0.05) is 30.3 Å². The fourth-order valence-electron chi connectivity index (χ4n) is 2.71. The zero-order valence-corrected chi connectivity index (χ0v) is 16.4. The maximum atomic E-state index is 13.0. The van der Waals surface area contributed by atoms with Crippen LogP contribution < -0.4 is 10.9 Å². The van der Waals surface area contributed by atoms with Crippen molar-refractivity contribution in [3.63, 3.8) is 0 Å². The lowest BCUT2D eigenvalue weighted by molar-refractivity contribution is -0.121. The van der Waals surface area contributed by atoms with Gasteiger partial charge in [-0.05, 0) is 30.3 Å². The van der Waals surface area contributed by atoms with Crippen LogP contribution in [0.15, 0.2) is 66.0 Å². The lowest BCUT2D eigenvalue weighted by Gasteiger charge is -2.04. The number of hydrazine groups is 1. The Morgan fingerprint density at radius 2 is 1.77 bits per heavy atom. The van der Waals surface area contributed by atoms with Gasteiger partial charge < -0.3 is 0 Å². The summed E-state index contributed by atoms with van der Waals surface area (Å²) in [4.78, 5) is 28.7. The van der Waals surface area contributed by atoms with Gasteiger partial charge in [0.15, 0.2) is 0 Å². The van der Waals surface area contributed by atoms with Crippen molar-refractivity contribution < 1.29 is 14.0 Å². The Morgan fingerprint density at radius 1 is 1.00 bits per heavy atom. The van der Waals surface area contributed by atoms with Gasteiger partial charge in [0, 0.05) is 16.5 Å². The summed E-state index contributed by atoms with van der Waals surface area (Å²) in [6.07, 6.45) is -0.00375. The van der Waals surface area contributed by atoms with Gasteiger partial charge in [-0.15, -0.1) is 11.3 Å². The van der Waals surface area contributed by atoms with Crippen LogP contribution in [0.25, 0.3) is 21.8 Å². The van der Waals surface area contributed by atoms with Crippen LogP contribution >= 0.6 is 11.3 Å². The Balaban J connectivity index is 1.31. The van der Waals surface area contributed by atoms with E-state index in [2.05, 4.69) is 26.0 Å². The number of hydrogen-bond donors (Lipinski definition) is 3. The number of carbonyl (C=O) groups is 2. The number of H-pyrrole nitrogens is 1. The van der Waals surface area contributed by atoms with Gasteiger partial charge in [0.2, 0.25) is 5.91 Å². The Morgan fingerprint density at radius 3 is 2.53 bits per heavy atom. The van der Waals surface area contributed by atoms with Gasteiger partial charge >= 0.3 is 0 Å². The van der Waals surface area contributed by atoms with E-state index in [1.165, 1.54) is 23.5 Å². The van der Waals surface area contributed by atoms with Gasteiger partial charge in [0.05, 0.1) is 17.8 Å². The fraction of sp³-hybridized carbons (Fsp3) is 0.0476. The van der Waals surface area contributed by atoms with Crippen LogP contribution in [0.3, 0.4) is 0 Å². The lowest BCUT2D eigenvalue weighted by Crippen LogP contribution is -2.42. The van der Waals surface area contributed by atoms with E-state index in [4.69, 9.17) is 0 Å². The van der Waals surface area contributed by atoms with Crippen molar-refractivity contribution in [1.82, 2.24) is 26.0 Å². The van der Waals surface area contributed by atoms with Crippen molar-refractivity contribution in [2.24, 2.45) is 0 Å². The van der Waals surface area contributed by atoms with E-state index in [1.807, 2.05) is 30.3 Å². The number of aromatic nitrogens is 3. The van der Waals surface area contributed by atoms with Gasteiger partial charge in [-0.2, -0.15) is 5.10 Å². The van der Waals surface area contributed by atoms with E-state index in [0.29, 0.717) is 16.4 Å². The molecular weight excluding hydrogens is 405 g/mol. The van der Waals surface area contributed by atoms with E-state index in [0.717, 1.165) is 11.1 Å². The Hall–Kier alpha value is -3.85. The zero-order chi connectivity index (χ0) is 20.9. The summed E-state index contributed by atoms with van der Waals surface area (Å²) in [5, 5.41) is 9.20. The number of benzene rings is 2. The highest BCUT2D eigenvalue weighted by molar-refractivity contribution is 7.13. The SMILES string of the molecule is O=C(Cc1csc(-c2ccc(F)cc2)n1)NNC(=O)c1cc(-c2ccccc2)n[nH]1. The molecule has 4 rings (SSSR count). The molecule has 150 valence electrons. The Labute approximate surface area is 175 Å². The molecule has 0 saturated carbocycles. The molecule has 0 aliphatic carbocycles. The van der Waals surface area contributed by atoms with E-state index >= 15 is 0 Å². The molecule has 0 radical (unpaired) electrons. The molecule has 0 atom stereocenters. The minimum atomic E-state index is -0.511. The first kappa shape index (κ1) is 19.5. The highest BCUT2D eigenvalue weighted by atomic mass is 32.1. The largest absolute Gasteiger partial charge is 0.287 e. The molecule has 0 fully saturated rings. The second-order valence-electron chi connectivity index (χ2n) is 6.36. The lowest BCUT2D eigenvalue weighted by atomic mass is 10.1. The molecule has 3 N–H and O–H groups in total. The summed E-state index contributed by atoms with van der Waals surface area (Å²) < 4.78 is 13.0. The maximum absolute atomic E-state index is 13.0. The fourth-order valence-corrected chi connectivity index (χ4v) is 3.54. The van der Waals surface area contributed by atoms with Crippen molar-refractivity contribution in [3.05, 3.63) is 83.2 Å². The van der Waals surface area contributed by atoms with Gasteiger partial charge in [-0.3, -0.25) is 25.5 Å². The number of nitrogens with one attached hydrogen (secondary N) is 3. The molecule has 0 aliphatic rings. The average molecular weight is 421 g/mol. The molecule has 2 aromatic heterocycles. The third kappa shape index (κ3) is 4.58. The zero-order valence-electron chi connectivity index (χ0n) is 15.6. The molecule has 0 saturated heterocycles. The Bertz CT molecular complexity index is 1170. The molecule has 0 aliphatic heterocycles. The highest BCUT2D eigenvalue weighted by Gasteiger charge is 2.13. The van der Waals surface area contributed by atoms with E-state index in [-0.39, 0.29) is 17.9 Å². The topological polar surface area (TPSA) is 99.8 Å². The number of carbonyl (C=O) groups excluding carboxylic acids is 2. The van der Waals surface area contributed by atoms with Crippen molar-refractivity contribution in [2.45, 2.75) is 6.42 Å². The first-order valence-electron chi connectivity index (χ1n) is 8.99. The molecule has 30 heavy (non-hydrogen) atoms. The summed E-state index contributed by atoms with van der Waals surface area (Å²) in [5.74, 6) is -1.25. The molecule has 2 amide bonds. The van der Waals surface area contributed by atoms with Crippen LogP contribution in [0.5, 0.6) is 0 Å². The molecule has 4 aromatic rings. The number of halogens is 1. The minimum absolute atomic E-state index is 0.00375. The summed E-state index contributed by atoms with van der Waals surface area (Å²) in [5.41, 5.74) is 7.77. The number of hydrogen-bond acceptors (Lipinski definition) is 5. The van der Waals surface area contributed by atoms with Crippen molar-refractivity contribution >= 4 is 23.2 Å². The number of rotatable bonds is 5. The van der Waals surface area contributed by atoms with Gasteiger partial charge in [0.1, 0.15) is 16.5 Å². The molecule has 0 bridgehead atoms. The number of thiazole rings is 1. The number of aromatic amines is 1. The summed E-state index contributed by atoms with van der Waals surface area (Å²) in [7, 11) is 0.